The summed E-state index contributed by atoms with van der Waals surface area (Å²) in [4.78, 5) is 13.3. The number of halogens is 4. The van der Waals surface area contributed by atoms with Gasteiger partial charge in [0.1, 0.15) is 11.6 Å². The summed E-state index contributed by atoms with van der Waals surface area (Å²) < 4.78 is 19.4. The maximum absolute atomic E-state index is 13.4. The third-order valence-corrected chi connectivity index (χ3v) is 6.38. The van der Waals surface area contributed by atoms with Crippen LogP contribution in [0.4, 0.5) is 4.39 Å². The van der Waals surface area contributed by atoms with Crippen molar-refractivity contribution in [3.05, 3.63) is 87.2 Å². The van der Waals surface area contributed by atoms with E-state index in [0.717, 1.165) is 22.3 Å². The second-order valence-electron chi connectivity index (χ2n) is 6.99. The lowest BCUT2D eigenvalue weighted by molar-refractivity contribution is 0.0831. The highest BCUT2D eigenvalue weighted by Gasteiger charge is 2.31. The Balaban J connectivity index is 1.70. The number of carbonyl (C=O) groups is 1. The third kappa shape index (κ3) is 4.20. The molecule has 0 saturated heterocycles. The Labute approximate surface area is 186 Å². The minimum absolute atomic E-state index is 0.0310. The SMILES string of the molecule is O=C1c2cc(CBr)cc(-c3ccc(F)cc3)c2OC[C@H]1Cc1ccc(Cl)c(Cl)c1. The number of carbonyl (C=O) groups excluding carboxylic acids is 1. The lowest BCUT2D eigenvalue weighted by Crippen LogP contribution is -2.30. The Morgan fingerprint density at radius 1 is 0.966 bits per heavy atom. The van der Waals surface area contributed by atoms with Gasteiger partial charge in [0.2, 0.25) is 0 Å². The quantitative estimate of drug-likeness (QED) is 0.361. The lowest BCUT2D eigenvalue weighted by Gasteiger charge is -2.27. The number of fused-ring (bicyclic) bond motifs is 1. The maximum atomic E-state index is 13.4. The van der Waals surface area contributed by atoms with Gasteiger partial charge in [-0.25, -0.2) is 4.39 Å². The largest absolute Gasteiger partial charge is 0.491 e. The molecule has 3 aromatic carbocycles. The summed E-state index contributed by atoms with van der Waals surface area (Å²) in [5.74, 6) is -0.0375. The van der Waals surface area contributed by atoms with Crippen LogP contribution in [0.3, 0.4) is 0 Å². The van der Waals surface area contributed by atoms with Gasteiger partial charge in [-0.15, -0.1) is 0 Å². The van der Waals surface area contributed by atoms with E-state index in [1.165, 1.54) is 12.1 Å². The molecule has 0 bridgehead atoms. The first kappa shape index (κ1) is 20.4. The minimum Gasteiger partial charge on any atom is -0.491 e. The van der Waals surface area contributed by atoms with Crippen molar-refractivity contribution in [1.82, 2.24) is 0 Å². The van der Waals surface area contributed by atoms with E-state index < -0.39 is 0 Å². The third-order valence-electron chi connectivity index (χ3n) is 4.99. The molecule has 148 valence electrons. The Morgan fingerprint density at radius 3 is 2.38 bits per heavy atom. The summed E-state index contributed by atoms with van der Waals surface area (Å²) in [6.45, 7) is 0.272. The number of Topliss-reactive ketones (excluding diaryl/α,β-unsaturated/α-hetero) is 1. The molecular weight excluding hydrogens is 478 g/mol. The standard InChI is InChI=1S/C23H16BrCl2FO2/c24-11-14-8-18(15-2-4-17(27)5-3-15)23-19(9-14)22(28)16(12-29-23)7-13-1-6-20(25)21(26)10-13/h1-6,8-10,16H,7,11-12H2/t16-/m1/s1. The molecule has 0 aliphatic carbocycles. The van der Waals surface area contributed by atoms with Crippen LogP contribution >= 0.6 is 39.1 Å². The van der Waals surface area contributed by atoms with Gasteiger partial charge in [0, 0.05) is 10.9 Å². The second kappa shape index (κ2) is 8.47. The molecule has 0 radical (unpaired) electrons. The normalized spacial score (nSPS) is 15.7. The van der Waals surface area contributed by atoms with Crippen molar-refractivity contribution in [2.45, 2.75) is 11.8 Å². The van der Waals surface area contributed by atoms with Crippen molar-refractivity contribution < 1.29 is 13.9 Å². The Morgan fingerprint density at radius 2 is 1.69 bits per heavy atom. The maximum Gasteiger partial charge on any atom is 0.173 e. The molecule has 0 saturated carbocycles. The number of rotatable bonds is 4. The number of ether oxygens (including phenoxy) is 1. The number of ketones is 1. The van der Waals surface area contributed by atoms with Crippen molar-refractivity contribution in [3.63, 3.8) is 0 Å². The van der Waals surface area contributed by atoms with Gasteiger partial charge in [-0.2, -0.15) is 0 Å². The van der Waals surface area contributed by atoms with Crippen LogP contribution in [0.25, 0.3) is 11.1 Å². The van der Waals surface area contributed by atoms with Gasteiger partial charge >= 0.3 is 0 Å². The molecular formula is C23H16BrCl2FO2. The molecule has 2 nitrogen and oxygen atoms in total. The molecule has 1 aliphatic heterocycles. The van der Waals surface area contributed by atoms with Gasteiger partial charge < -0.3 is 4.74 Å². The minimum atomic E-state index is -0.314. The van der Waals surface area contributed by atoms with Crippen LogP contribution in [0.2, 0.25) is 10.0 Å². The van der Waals surface area contributed by atoms with Crippen LogP contribution in [0, 0.1) is 11.7 Å². The average molecular weight is 494 g/mol. The molecule has 1 heterocycles. The van der Waals surface area contributed by atoms with Crippen LogP contribution in [0.5, 0.6) is 5.75 Å². The highest BCUT2D eigenvalue weighted by atomic mass is 79.9. The van der Waals surface area contributed by atoms with E-state index in [1.807, 2.05) is 18.2 Å². The predicted molar refractivity (Wildman–Crippen MR) is 118 cm³/mol. The van der Waals surface area contributed by atoms with Crippen LogP contribution in [-0.4, -0.2) is 12.4 Å². The Bertz CT molecular complexity index is 1080. The highest BCUT2D eigenvalue weighted by molar-refractivity contribution is 9.08. The number of hydrogen-bond acceptors (Lipinski definition) is 2. The zero-order chi connectivity index (χ0) is 20.5. The van der Waals surface area contributed by atoms with Gasteiger partial charge in [-0.3, -0.25) is 4.79 Å². The summed E-state index contributed by atoms with van der Waals surface area (Å²) in [6.07, 6.45) is 0.513. The van der Waals surface area contributed by atoms with E-state index in [4.69, 9.17) is 27.9 Å². The summed E-state index contributed by atoms with van der Waals surface area (Å²) in [7, 11) is 0. The van der Waals surface area contributed by atoms with E-state index in [2.05, 4.69) is 15.9 Å². The van der Waals surface area contributed by atoms with Gasteiger partial charge in [0.05, 0.1) is 28.1 Å². The topological polar surface area (TPSA) is 26.3 Å². The smallest absolute Gasteiger partial charge is 0.173 e. The lowest BCUT2D eigenvalue weighted by atomic mass is 9.86. The van der Waals surface area contributed by atoms with Crippen LogP contribution in [0.15, 0.2) is 54.6 Å². The van der Waals surface area contributed by atoms with Crippen molar-refractivity contribution in [3.8, 4) is 16.9 Å². The fourth-order valence-electron chi connectivity index (χ4n) is 3.53. The van der Waals surface area contributed by atoms with Gasteiger partial charge in [0.25, 0.3) is 0 Å². The molecule has 0 unspecified atom stereocenters. The van der Waals surface area contributed by atoms with E-state index in [9.17, 15) is 9.18 Å². The summed E-state index contributed by atoms with van der Waals surface area (Å²) >= 11 is 15.6. The van der Waals surface area contributed by atoms with E-state index in [0.29, 0.717) is 33.1 Å². The summed E-state index contributed by atoms with van der Waals surface area (Å²) in [5, 5.41) is 1.55. The molecule has 4 rings (SSSR count). The monoisotopic (exact) mass is 492 g/mol. The Kier molecular flexibility index (Phi) is 5.95. The molecule has 29 heavy (non-hydrogen) atoms. The van der Waals surface area contributed by atoms with Gasteiger partial charge in [-0.05, 0) is 59.5 Å². The predicted octanol–water partition coefficient (Wildman–Crippen LogP) is 7.13. The Hall–Kier alpha value is -1.88. The first-order valence-electron chi connectivity index (χ1n) is 9.06. The molecule has 3 aromatic rings. The molecule has 0 spiro atoms. The van der Waals surface area contributed by atoms with E-state index in [1.54, 1.807) is 24.3 Å². The fraction of sp³-hybridized carbons (Fsp3) is 0.174. The number of hydrogen-bond donors (Lipinski definition) is 0. The van der Waals surface area contributed by atoms with Crippen LogP contribution < -0.4 is 4.74 Å². The summed E-state index contributed by atoms with van der Waals surface area (Å²) in [5.41, 5.74) is 4.03. The van der Waals surface area contributed by atoms with Crippen LogP contribution in [-0.2, 0) is 11.8 Å². The molecule has 6 heteroatoms. The molecule has 0 N–H and O–H groups in total. The fourth-order valence-corrected chi connectivity index (χ4v) is 4.17. The van der Waals surface area contributed by atoms with E-state index >= 15 is 0 Å². The van der Waals surface area contributed by atoms with Crippen molar-refractivity contribution in [1.29, 1.82) is 0 Å². The molecule has 0 amide bonds. The number of alkyl halides is 1. The van der Waals surface area contributed by atoms with Crippen molar-refractivity contribution in [2.75, 3.05) is 6.61 Å². The second-order valence-corrected chi connectivity index (χ2v) is 8.36. The highest BCUT2D eigenvalue weighted by Crippen LogP contribution is 2.40. The zero-order valence-electron chi connectivity index (χ0n) is 15.2. The van der Waals surface area contributed by atoms with Gasteiger partial charge in [-0.1, -0.05) is 57.3 Å². The molecule has 1 atom stereocenters. The first-order chi connectivity index (χ1) is 14.0. The van der Waals surface area contributed by atoms with Gasteiger partial charge in [0.15, 0.2) is 5.78 Å². The molecule has 1 aliphatic rings. The zero-order valence-corrected chi connectivity index (χ0v) is 18.3. The molecule has 0 aromatic heterocycles. The summed E-state index contributed by atoms with van der Waals surface area (Å²) in [6, 6.07) is 15.4. The van der Waals surface area contributed by atoms with Crippen molar-refractivity contribution in [2.24, 2.45) is 5.92 Å². The van der Waals surface area contributed by atoms with Crippen LogP contribution in [0.1, 0.15) is 21.5 Å². The molecule has 0 fully saturated rings. The van der Waals surface area contributed by atoms with Crippen molar-refractivity contribution >= 4 is 44.9 Å². The van der Waals surface area contributed by atoms with E-state index in [-0.39, 0.29) is 24.1 Å². The first-order valence-corrected chi connectivity index (χ1v) is 10.9. The average Bonchev–Trinajstić information content (AvgIpc) is 2.73. The number of benzene rings is 3.